The Hall–Kier alpha value is -3.43. The Bertz CT molecular complexity index is 1390. The molecular weight excluding hydrogens is 555 g/mol. The van der Waals surface area contributed by atoms with Gasteiger partial charge >= 0.3 is 19.6 Å². The van der Waals surface area contributed by atoms with Crippen LogP contribution in [0.5, 0.6) is 5.75 Å². The summed E-state index contributed by atoms with van der Waals surface area (Å²) < 4.78 is 66.7. The van der Waals surface area contributed by atoms with E-state index in [1.54, 1.807) is 39.1 Å². The van der Waals surface area contributed by atoms with E-state index in [0.717, 1.165) is 10.9 Å². The molecule has 17 heteroatoms. The number of imidazole rings is 1. The highest BCUT2D eigenvalue weighted by molar-refractivity contribution is 7.52. The fraction of sp³-hybridized carbons (Fsp3) is 0.478. The summed E-state index contributed by atoms with van der Waals surface area (Å²) in [6.07, 6.45) is -5.51. The number of hydrogen-bond acceptors (Lipinski definition) is 12. The second-order valence-electron chi connectivity index (χ2n) is 9.18. The smallest absolute Gasteiger partial charge is 0.459 e. The summed E-state index contributed by atoms with van der Waals surface area (Å²) >= 11 is 0. The van der Waals surface area contributed by atoms with Crippen LogP contribution >= 0.6 is 7.75 Å². The summed E-state index contributed by atoms with van der Waals surface area (Å²) in [6, 6.07) is 6.71. The van der Waals surface area contributed by atoms with Gasteiger partial charge in [-0.1, -0.05) is 18.2 Å². The number of nitrogen functional groups attached to an aromatic ring is 1. The number of aliphatic hydroxyl groups excluding tert-OH is 1. The van der Waals surface area contributed by atoms with Crippen molar-refractivity contribution in [3.63, 3.8) is 0 Å². The fourth-order valence-electron chi connectivity index (χ4n) is 3.89. The van der Waals surface area contributed by atoms with E-state index in [1.807, 2.05) is 0 Å². The van der Waals surface area contributed by atoms with E-state index in [0.29, 0.717) is 0 Å². The van der Waals surface area contributed by atoms with Gasteiger partial charge in [0.1, 0.15) is 17.9 Å². The number of carbonyl (C=O) groups is 1. The minimum absolute atomic E-state index is 0.0625. The average Bonchev–Trinajstić information content (AvgIpc) is 3.40. The number of aromatic nitrogens is 4. The Morgan fingerprint density at radius 2 is 1.98 bits per heavy atom. The standard InChI is InChI=1S/C23H30F2N7O7P/c1-12(2)37-20(34)13(3)31-40(35,39-14-8-6-5-7-9-14)36-10-15-17(33)23(24,25)21(38-15)32-11-28-16-18(27-4)29-22(26)30-19(16)32/h5-9,11-13,15,17,21,33H,10H2,1-4H3,(H,31,35)(H3,26,27,29,30)/t13-,15-,17-,21-,40?/m1/s1. The summed E-state index contributed by atoms with van der Waals surface area (Å²) in [4.78, 5) is 24.3. The summed E-state index contributed by atoms with van der Waals surface area (Å²) in [6.45, 7) is 3.85. The SMILES string of the molecule is CNc1nc(N)nc2c1ncn2[C@@H]1O[C@H](COP(=O)(N[C@H](C)C(=O)OC(C)C)Oc2ccccc2)[C@@H](O)C1(F)F. The third-order valence-electron chi connectivity index (χ3n) is 5.74. The number of esters is 1. The number of aliphatic hydroxyl groups is 1. The van der Waals surface area contributed by atoms with Crippen LogP contribution in [-0.2, 0) is 23.4 Å². The van der Waals surface area contributed by atoms with Crippen molar-refractivity contribution >= 4 is 36.6 Å². The van der Waals surface area contributed by atoms with Gasteiger partial charge in [-0.3, -0.25) is 13.9 Å². The molecule has 0 spiro atoms. The number of alkyl halides is 2. The lowest BCUT2D eigenvalue weighted by molar-refractivity contribution is -0.149. The average molecular weight is 586 g/mol. The highest BCUT2D eigenvalue weighted by Crippen LogP contribution is 2.48. The fourth-order valence-corrected chi connectivity index (χ4v) is 5.39. The van der Waals surface area contributed by atoms with E-state index in [-0.39, 0.29) is 28.7 Å². The van der Waals surface area contributed by atoms with Crippen molar-refractivity contribution in [2.45, 2.75) is 57.3 Å². The number of nitrogens with two attached hydrogens (primary N) is 1. The van der Waals surface area contributed by atoms with Crippen LogP contribution in [0.25, 0.3) is 11.2 Å². The topological polar surface area (TPSA) is 185 Å². The Balaban J connectivity index is 1.56. The van der Waals surface area contributed by atoms with Gasteiger partial charge in [-0.2, -0.15) is 23.8 Å². The maximum absolute atomic E-state index is 15.3. The molecule has 4 rings (SSSR count). The van der Waals surface area contributed by atoms with E-state index in [1.165, 1.54) is 19.1 Å². The molecule has 0 aliphatic carbocycles. The molecule has 3 heterocycles. The number of ether oxygens (including phenoxy) is 2. The molecule has 1 aromatic carbocycles. The van der Waals surface area contributed by atoms with E-state index in [4.69, 9.17) is 24.3 Å². The second-order valence-corrected chi connectivity index (χ2v) is 10.9. The zero-order chi connectivity index (χ0) is 29.2. The quantitative estimate of drug-likeness (QED) is 0.190. The number of nitrogens with one attached hydrogen (secondary N) is 2. The van der Waals surface area contributed by atoms with Crippen LogP contribution in [-0.4, -0.2) is 74.5 Å². The van der Waals surface area contributed by atoms with Gasteiger partial charge in [-0.25, -0.2) is 9.55 Å². The minimum Gasteiger partial charge on any atom is -0.462 e. The number of fused-ring (bicyclic) bond motifs is 1. The van der Waals surface area contributed by atoms with E-state index in [2.05, 4.69) is 25.4 Å². The number of halogens is 2. The van der Waals surface area contributed by atoms with Crippen molar-refractivity contribution in [2.24, 2.45) is 0 Å². The van der Waals surface area contributed by atoms with Crippen LogP contribution in [0.1, 0.15) is 27.0 Å². The number of anilines is 2. The number of benzene rings is 1. The lowest BCUT2D eigenvalue weighted by Gasteiger charge is -2.25. The highest BCUT2D eigenvalue weighted by atomic mass is 31.2. The lowest BCUT2D eigenvalue weighted by atomic mass is 10.1. The first kappa shape index (κ1) is 29.6. The first-order valence-corrected chi connectivity index (χ1v) is 13.8. The maximum Gasteiger partial charge on any atom is 0.459 e. The van der Waals surface area contributed by atoms with Gasteiger partial charge in [0.15, 0.2) is 23.1 Å². The molecule has 14 nitrogen and oxygen atoms in total. The van der Waals surface area contributed by atoms with Crippen LogP contribution in [0.3, 0.4) is 0 Å². The number of carbonyl (C=O) groups excluding carboxylic acids is 1. The van der Waals surface area contributed by atoms with Crippen molar-refractivity contribution in [2.75, 3.05) is 24.7 Å². The van der Waals surface area contributed by atoms with Gasteiger partial charge in [0.2, 0.25) is 12.2 Å². The zero-order valence-electron chi connectivity index (χ0n) is 22.0. The van der Waals surface area contributed by atoms with E-state index < -0.39 is 56.8 Å². The normalized spacial score (nSPS) is 22.6. The molecule has 3 aromatic rings. The molecule has 1 aliphatic heterocycles. The van der Waals surface area contributed by atoms with Crippen molar-refractivity contribution in [1.29, 1.82) is 0 Å². The number of rotatable bonds is 11. The van der Waals surface area contributed by atoms with Crippen molar-refractivity contribution in [1.82, 2.24) is 24.6 Å². The summed E-state index contributed by atoms with van der Waals surface area (Å²) in [5.74, 6) is -4.48. The number of hydrogen-bond donors (Lipinski definition) is 4. The Morgan fingerprint density at radius 1 is 1.27 bits per heavy atom. The molecule has 2 aromatic heterocycles. The van der Waals surface area contributed by atoms with Crippen LogP contribution in [0, 0.1) is 0 Å². The molecule has 1 fully saturated rings. The molecule has 1 unspecified atom stereocenters. The second kappa shape index (κ2) is 11.6. The Morgan fingerprint density at radius 3 is 2.62 bits per heavy atom. The van der Waals surface area contributed by atoms with Gasteiger partial charge in [0.05, 0.1) is 19.0 Å². The van der Waals surface area contributed by atoms with Gasteiger partial charge in [-0.15, -0.1) is 0 Å². The predicted molar refractivity (Wildman–Crippen MR) is 139 cm³/mol. The molecule has 0 saturated carbocycles. The van der Waals surface area contributed by atoms with E-state index >= 15 is 8.78 Å². The molecule has 5 atom stereocenters. The zero-order valence-corrected chi connectivity index (χ0v) is 22.9. The van der Waals surface area contributed by atoms with Crippen molar-refractivity contribution in [3.8, 4) is 5.75 Å². The molecule has 40 heavy (non-hydrogen) atoms. The summed E-state index contributed by atoms with van der Waals surface area (Å²) in [7, 11) is -2.86. The van der Waals surface area contributed by atoms with Crippen molar-refractivity contribution < 1.29 is 41.8 Å². The minimum atomic E-state index is -4.40. The number of nitrogens with zero attached hydrogens (tertiary/aromatic N) is 4. The summed E-state index contributed by atoms with van der Waals surface area (Å²) in [5.41, 5.74) is 5.80. The van der Waals surface area contributed by atoms with Crippen molar-refractivity contribution in [3.05, 3.63) is 36.7 Å². The van der Waals surface area contributed by atoms with Crippen LogP contribution in [0.4, 0.5) is 20.5 Å². The third kappa shape index (κ3) is 6.15. The molecule has 0 radical (unpaired) electrons. The molecule has 0 amide bonds. The number of para-hydroxylation sites is 1. The first-order chi connectivity index (χ1) is 18.8. The van der Waals surface area contributed by atoms with Gasteiger partial charge in [0.25, 0.3) is 0 Å². The Kier molecular flexibility index (Phi) is 8.56. The third-order valence-corrected chi connectivity index (χ3v) is 7.39. The maximum atomic E-state index is 15.3. The molecule has 1 aliphatic rings. The highest BCUT2D eigenvalue weighted by Gasteiger charge is 2.60. The molecule has 1 saturated heterocycles. The molecule has 0 bridgehead atoms. The largest absolute Gasteiger partial charge is 0.462 e. The molecule has 5 N–H and O–H groups in total. The first-order valence-electron chi connectivity index (χ1n) is 12.2. The van der Waals surface area contributed by atoms with Crippen LogP contribution < -0.4 is 20.7 Å². The lowest BCUT2D eigenvalue weighted by Crippen LogP contribution is -2.40. The monoisotopic (exact) mass is 585 g/mol. The summed E-state index contributed by atoms with van der Waals surface area (Å²) in [5, 5.41) is 15.7. The van der Waals surface area contributed by atoms with Gasteiger partial charge in [-0.05, 0) is 32.9 Å². The van der Waals surface area contributed by atoms with Gasteiger partial charge in [0, 0.05) is 7.05 Å². The van der Waals surface area contributed by atoms with Crippen LogP contribution in [0.15, 0.2) is 36.7 Å². The Labute approximate surface area is 227 Å². The molecule has 218 valence electrons. The predicted octanol–water partition coefficient (Wildman–Crippen LogP) is 2.48. The van der Waals surface area contributed by atoms with Gasteiger partial charge < -0.3 is 30.2 Å². The van der Waals surface area contributed by atoms with Crippen LogP contribution in [0.2, 0.25) is 0 Å². The van der Waals surface area contributed by atoms with E-state index in [9.17, 15) is 14.5 Å². The molecular formula is C23H30F2N7O7P.